The van der Waals surface area contributed by atoms with Crippen LogP contribution in [0.5, 0.6) is 0 Å². The molecule has 0 aliphatic carbocycles. The van der Waals surface area contributed by atoms with Gasteiger partial charge in [0.05, 0.1) is 6.04 Å². The van der Waals surface area contributed by atoms with E-state index in [0.29, 0.717) is 24.6 Å². The Labute approximate surface area is 156 Å². The molecule has 134 valence electrons. The number of nitrogens with zero attached hydrogens (tertiary/aromatic N) is 3. The van der Waals surface area contributed by atoms with Gasteiger partial charge in [-0.1, -0.05) is 23.8 Å². The van der Waals surface area contributed by atoms with Crippen molar-refractivity contribution in [2.75, 3.05) is 6.54 Å². The van der Waals surface area contributed by atoms with Crippen LogP contribution >= 0.6 is 11.3 Å². The molecule has 5 nitrogen and oxygen atoms in total. The van der Waals surface area contributed by atoms with Crippen LogP contribution in [0.15, 0.2) is 46.2 Å². The van der Waals surface area contributed by atoms with Crippen molar-refractivity contribution in [2.45, 2.75) is 38.6 Å². The van der Waals surface area contributed by atoms with Gasteiger partial charge in [-0.2, -0.15) is 0 Å². The van der Waals surface area contributed by atoms with E-state index in [1.54, 1.807) is 11.3 Å². The number of carbonyl (C=O) groups excluding carboxylic acids is 1. The van der Waals surface area contributed by atoms with Crippen LogP contribution in [0.1, 0.15) is 41.6 Å². The van der Waals surface area contributed by atoms with Crippen molar-refractivity contribution in [2.24, 2.45) is 0 Å². The number of aryl methyl sites for hydroxylation is 2. The van der Waals surface area contributed by atoms with Gasteiger partial charge in [0.2, 0.25) is 17.7 Å². The van der Waals surface area contributed by atoms with E-state index in [1.807, 2.05) is 42.2 Å². The fourth-order valence-corrected chi connectivity index (χ4v) is 4.24. The van der Waals surface area contributed by atoms with Gasteiger partial charge in [-0.15, -0.1) is 21.5 Å². The minimum atomic E-state index is 0.163. The molecular formula is C20H21N3O2S. The molecule has 3 heterocycles. The molecule has 1 amide bonds. The minimum Gasteiger partial charge on any atom is -0.421 e. The van der Waals surface area contributed by atoms with Crippen LogP contribution in [-0.2, 0) is 11.2 Å². The number of likely N-dealkylation sites (tertiary alicyclic amines) is 1. The lowest BCUT2D eigenvalue weighted by Gasteiger charge is -2.23. The molecule has 0 N–H and O–H groups in total. The van der Waals surface area contributed by atoms with Gasteiger partial charge in [0.1, 0.15) is 0 Å². The molecule has 1 aliphatic rings. The van der Waals surface area contributed by atoms with E-state index in [-0.39, 0.29) is 11.9 Å². The molecule has 6 heteroatoms. The Hall–Kier alpha value is -2.47. The fourth-order valence-electron chi connectivity index (χ4n) is 3.37. The second-order valence-corrected chi connectivity index (χ2v) is 7.61. The van der Waals surface area contributed by atoms with Gasteiger partial charge in [-0.25, -0.2) is 0 Å². The zero-order valence-corrected chi connectivity index (χ0v) is 15.5. The first-order valence-electron chi connectivity index (χ1n) is 8.93. The largest absolute Gasteiger partial charge is 0.421 e. The Morgan fingerprint density at radius 1 is 1.27 bits per heavy atom. The molecule has 0 bridgehead atoms. The Bertz CT molecular complexity index is 871. The highest BCUT2D eigenvalue weighted by Crippen LogP contribution is 2.34. The molecule has 26 heavy (non-hydrogen) atoms. The van der Waals surface area contributed by atoms with E-state index in [9.17, 15) is 4.79 Å². The molecule has 1 fully saturated rings. The van der Waals surface area contributed by atoms with Crippen LogP contribution in [0.2, 0.25) is 0 Å². The first-order chi connectivity index (χ1) is 12.7. The van der Waals surface area contributed by atoms with Crippen LogP contribution in [-0.4, -0.2) is 27.5 Å². The lowest BCUT2D eigenvalue weighted by atomic mass is 10.1. The van der Waals surface area contributed by atoms with Gasteiger partial charge in [0.15, 0.2) is 0 Å². The number of thiophene rings is 1. The van der Waals surface area contributed by atoms with E-state index in [1.165, 1.54) is 10.4 Å². The zero-order chi connectivity index (χ0) is 17.9. The van der Waals surface area contributed by atoms with E-state index >= 15 is 0 Å². The molecule has 1 unspecified atom stereocenters. The van der Waals surface area contributed by atoms with Crippen molar-refractivity contribution in [1.29, 1.82) is 0 Å². The summed E-state index contributed by atoms with van der Waals surface area (Å²) in [5, 5.41) is 10.3. The highest BCUT2D eigenvalue weighted by atomic mass is 32.1. The number of rotatable bonds is 5. The molecule has 1 aliphatic heterocycles. The second-order valence-electron chi connectivity index (χ2n) is 6.63. The molecule has 0 spiro atoms. The maximum Gasteiger partial charge on any atom is 0.247 e. The Morgan fingerprint density at radius 2 is 2.12 bits per heavy atom. The lowest BCUT2D eigenvalue weighted by Crippen LogP contribution is -2.30. The summed E-state index contributed by atoms with van der Waals surface area (Å²) >= 11 is 1.72. The quantitative estimate of drug-likeness (QED) is 0.670. The maximum atomic E-state index is 12.7. The first kappa shape index (κ1) is 17.0. The molecule has 3 aromatic rings. The summed E-state index contributed by atoms with van der Waals surface area (Å²) < 4.78 is 5.73. The Balaban J connectivity index is 1.38. The van der Waals surface area contributed by atoms with E-state index in [0.717, 1.165) is 24.9 Å². The first-order valence-corrected chi connectivity index (χ1v) is 9.81. The van der Waals surface area contributed by atoms with Gasteiger partial charge in [0.25, 0.3) is 0 Å². The molecule has 0 radical (unpaired) electrons. The van der Waals surface area contributed by atoms with Crippen molar-refractivity contribution in [3.63, 3.8) is 0 Å². The van der Waals surface area contributed by atoms with Crippen LogP contribution in [0.4, 0.5) is 0 Å². The summed E-state index contributed by atoms with van der Waals surface area (Å²) in [5.74, 6) is 1.18. The summed E-state index contributed by atoms with van der Waals surface area (Å²) in [7, 11) is 0. The summed E-state index contributed by atoms with van der Waals surface area (Å²) in [5.41, 5.74) is 2.09. The average molecular weight is 367 g/mol. The molecule has 1 atom stereocenters. The normalized spacial score (nSPS) is 17.0. The van der Waals surface area contributed by atoms with Gasteiger partial charge in [0, 0.05) is 29.8 Å². The number of aromatic nitrogens is 2. The molecule has 1 saturated heterocycles. The summed E-state index contributed by atoms with van der Waals surface area (Å²) in [6, 6.07) is 12.4. The van der Waals surface area contributed by atoms with Crippen molar-refractivity contribution in [1.82, 2.24) is 15.1 Å². The second kappa shape index (κ2) is 7.41. The van der Waals surface area contributed by atoms with Crippen molar-refractivity contribution in [3.8, 4) is 11.5 Å². The monoisotopic (exact) mass is 367 g/mol. The van der Waals surface area contributed by atoms with Gasteiger partial charge in [-0.3, -0.25) is 4.79 Å². The topological polar surface area (TPSA) is 59.2 Å². The van der Waals surface area contributed by atoms with Crippen LogP contribution in [0.3, 0.4) is 0 Å². The third-order valence-electron chi connectivity index (χ3n) is 4.76. The highest BCUT2D eigenvalue weighted by Gasteiger charge is 2.30. The van der Waals surface area contributed by atoms with Gasteiger partial charge >= 0.3 is 0 Å². The molecule has 2 aromatic heterocycles. The fraction of sp³-hybridized carbons (Fsp3) is 0.350. The summed E-state index contributed by atoms with van der Waals surface area (Å²) in [6.45, 7) is 2.87. The summed E-state index contributed by atoms with van der Waals surface area (Å²) in [6.07, 6.45) is 2.99. The van der Waals surface area contributed by atoms with E-state index in [2.05, 4.69) is 21.6 Å². The van der Waals surface area contributed by atoms with Gasteiger partial charge < -0.3 is 9.32 Å². The van der Waals surface area contributed by atoms with Crippen LogP contribution in [0.25, 0.3) is 11.5 Å². The van der Waals surface area contributed by atoms with Crippen molar-refractivity contribution >= 4 is 17.2 Å². The SMILES string of the molecule is Cc1ccc(-c2nnc(CCC(=O)N3CCCC3c3cccs3)o2)cc1. The third kappa shape index (κ3) is 3.55. The van der Waals surface area contributed by atoms with Crippen molar-refractivity contribution < 1.29 is 9.21 Å². The zero-order valence-electron chi connectivity index (χ0n) is 14.7. The third-order valence-corrected chi connectivity index (χ3v) is 5.74. The number of hydrogen-bond acceptors (Lipinski definition) is 5. The van der Waals surface area contributed by atoms with E-state index in [4.69, 9.17) is 4.42 Å². The molecule has 0 saturated carbocycles. The lowest BCUT2D eigenvalue weighted by molar-refractivity contribution is -0.132. The van der Waals surface area contributed by atoms with Crippen LogP contribution < -0.4 is 0 Å². The molecule has 4 rings (SSSR count). The summed E-state index contributed by atoms with van der Waals surface area (Å²) in [4.78, 5) is 16.0. The average Bonchev–Trinajstić information content (AvgIpc) is 3.40. The molecule has 1 aromatic carbocycles. The number of benzene rings is 1. The number of hydrogen-bond donors (Lipinski definition) is 0. The maximum absolute atomic E-state index is 12.7. The minimum absolute atomic E-state index is 0.163. The predicted molar refractivity (Wildman–Crippen MR) is 101 cm³/mol. The number of carbonyl (C=O) groups is 1. The van der Waals surface area contributed by atoms with Gasteiger partial charge in [-0.05, 0) is 43.3 Å². The predicted octanol–water partition coefficient (Wildman–Crippen LogP) is 4.40. The Morgan fingerprint density at radius 3 is 2.88 bits per heavy atom. The molecular weight excluding hydrogens is 346 g/mol. The number of amides is 1. The van der Waals surface area contributed by atoms with Crippen LogP contribution in [0, 0.1) is 6.92 Å². The van der Waals surface area contributed by atoms with Crippen molar-refractivity contribution in [3.05, 3.63) is 58.1 Å². The Kier molecular flexibility index (Phi) is 4.84. The van der Waals surface area contributed by atoms with E-state index < -0.39 is 0 Å². The highest BCUT2D eigenvalue weighted by molar-refractivity contribution is 7.10. The smallest absolute Gasteiger partial charge is 0.247 e. The standard InChI is InChI=1S/C20H21N3O2S/c1-14-6-8-15(9-7-14)20-22-21-18(25-20)10-11-19(24)23-12-2-4-16(23)17-5-3-13-26-17/h3,5-9,13,16H,2,4,10-12H2,1H3.